The number of halogens is 1. The molecule has 0 aliphatic carbocycles. The minimum Gasteiger partial charge on any atom is -0.476 e. The zero-order valence-electron chi connectivity index (χ0n) is 10.1. The van der Waals surface area contributed by atoms with Crippen molar-refractivity contribution in [2.24, 2.45) is 0 Å². The van der Waals surface area contributed by atoms with Crippen molar-refractivity contribution in [1.82, 2.24) is 10.3 Å². The molecule has 0 spiro atoms. The number of thiazole rings is 1. The minimum absolute atomic E-state index is 0.0278. The van der Waals surface area contributed by atoms with Crippen LogP contribution >= 0.6 is 11.3 Å². The highest BCUT2D eigenvalue weighted by Crippen LogP contribution is 2.16. The second-order valence-corrected chi connectivity index (χ2v) is 4.76. The van der Waals surface area contributed by atoms with Crippen molar-refractivity contribution in [2.75, 3.05) is 5.73 Å². The molecule has 8 heteroatoms. The fraction of sp³-hybridized carbons (Fsp3) is 0.0833. The highest BCUT2D eigenvalue weighted by atomic mass is 32.1. The summed E-state index contributed by atoms with van der Waals surface area (Å²) in [6.07, 6.45) is 0. The smallest absolute Gasteiger partial charge is 0.355 e. The van der Waals surface area contributed by atoms with Crippen molar-refractivity contribution >= 4 is 28.9 Å². The number of aromatic carboxylic acids is 1. The number of carboxylic acid groups (broad SMARTS) is 1. The number of aromatic nitrogens is 1. The molecule has 0 bridgehead atoms. The first-order valence-corrected chi connectivity index (χ1v) is 6.37. The molecule has 104 valence electrons. The largest absolute Gasteiger partial charge is 0.476 e. The maximum Gasteiger partial charge on any atom is 0.355 e. The van der Waals surface area contributed by atoms with Crippen LogP contribution in [-0.2, 0) is 6.54 Å². The molecule has 0 radical (unpaired) electrons. The van der Waals surface area contributed by atoms with Gasteiger partial charge in [-0.15, -0.1) is 11.3 Å². The number of rotatable bonds is 4. The molecule has 0 saturated heterocycles. The van der Waals surface area contributed by atoms with Crippen LogP contribution in [0.2, 0.25) is 0 Å². The summed E-state index contributed by atoms with van der Waals surface area (Å²) in [6.45, 7) is 0.0483. The standard InChI is InChI=1S/C12H10FN3O3S/c13-7-3-1-2-6(10(7)14)11(17)15-4-9-16-8(5-20-9)12(18)19/h1-3,5H,4,14H2,(H,15,17)(H,18,19). The predicted molar refractivity (Wildman–Crippen MR) is 71.1 cm³/mol. The van der Waals surface area contributed by atoms with Crippen molar-refractivity contribution < 1.29 is 19.1 Å². The zero-order chi connectivity index (χ0) is 14.7. The molecule has 0 aliphatic rings. The van der Waals surface area contributed by atoms with Crippen molar-refractivity contribution in [3.63, 3.8) is 0 Å². The minimum atomic E-state index is -1.13. The maximum atomic E-state index is 13.2. The number of nitrogens with one attached hydrogen (secondary N) is 1. The molecule has 1 aromatic carbocycles. The van der Waals surface area contributed by atoms with E-state index in [0.717, 1.165) is 17.4 Å². The molecule has 0 aliphatic heterocycles. The van der Waals surface area contributed by atoms with E-state index in [1.165, 1.54) is 17.5 Å². The van der Waals surface area contributed by atoms with Crippen molar-refractivity contribution in [3.8, 4) is 0 Å². The monoisotopic (exact) mass is 295 g/mol. The lowest BCUT2D eigenvalue weighted by Crippen LogP contribution is -2.24. The first kappa shape index (κ1) is 13.9. The van der Waals surface area contributed by atoms with Gasteiger partial charge in [0.25, 0.3) is 5.91 Å². The Balaban J connectivity index is 2.05. The number of amides is 1. The van der Waals surface area contributed by atoms with Gasteiger partial charge in [-0.05, 0) is 12.1 Å². The van der Waals surface area contributed by atoms with Gasteiger partial charge in [-0.2, -0.15) is 0 Å². The topological polar surface area (TPSA) is 105 Å². The fourth-order valence-electron chi connectivity index (χ4n) is 1.48. The van der Waals surface area contributed by atoms with Crippen molar-refractivity contribution in [1.29, 1.82) is 0 Å². The SMILES string of the molecule is Nc1c(F)cccc1C(=O)NCc1nc(C(=O)O)cs1. The molecule has 6 nitrogen and oxygen atoms in total. The van der Waals surface area contributed by atoms with E-state index in [1.54, 1.807) is 0 Å². The molecule has 2 aromatic rings. The molecule has 2 rings (SSSR count). The van der Waals surface area contributed by atoms with Crippen molar-refractivity contribution in [3.05, 3.63) is 45.7 Å². The van der Waals surface area contributed by atoms with Crippen LogP contribution in [0.5, 0.6) is 0 Å². The van der Waals surface area contributed by atoms with E-state index in [0.29, 0.717) is 5.01 Å². The number of hydrogen-bond acceptors (Lipinski definition) is 5. The van der Waals surface area contributed by atoms with Crippen LogP contribution in [0.4, 0.5) is 10.1 Å². The lowest BCUT2D eigenvalue weighted by molar-refractivity contribution is 0.0691. The molecule has 20 heavy (non-hydrogen) atoms. The molecule has 0 unspecified atom stereocenters. The number of nitrogen functional groups attached to an aromatic ring is 1. The summed E-state index contributed by atoms with van der Waals surface area (Å²) >= 11 is 1.11. The molecule has 1 heterocycles. The van der Waals surface area contributed by atoms with Crippen LogP contribution in [-0.4, -0.2) is 22.0 Å². The average molecular weight is 295 g/mol. The number of carbonyl (C=O) groups excluding carboxylic acids is 1. The van der Waals surface area contributed by atoms with E-state index in [-0.39, 0.29) is 23.5 Å². The summed E-state index contributed by atoms with van der Waals surface area (Å²) in [7, 11) is 0. The Morgan fingerprint density at radius 2 is 2.20 bits per heavy atom. The number of carboxylic acids is 1. The highest BCUT2D eigenvalue weighted by Gasteiger charge is 2.14. The predicted octanol–water partition coefficient (Wildman–Crippen LogP) is 1.49. The van der Waals surface area contributed by atoms with Gasteiger partial charge in [0.15, 0.2) is 5.69 Å². The van der Waals surface area contributed by atoms with Crippen LogP contribution in [0.3, 0.4) is 0 Å². The first-order valence-electron chi connectivity index (χ1n) is 5.49. The molecule has 0 fully saturated rings. The van der Waals surface area contributed by atoms with E-state index in [9.17, 15) is 14.0 Å². The van der Waals surface area contributed by atoms with Crippen LogP contribution in [0.15, 0.2) is 23.6 Å². The number of carbonyl (C=O) groups is 2. The number of nitrogens with two attached hydrogens (primary N) is 1. The Morgan fingerprint density at radius 3 is 2.85 bits per heavy atom. The third-order valence-corrected chi connectivity index (χ3v) is 3.32. The van der Waals surface area contributed by atoms with Gasteiger partial charge in [0.2, 0.25) is 0 Å². The normalized spacial score (nSPS) is 10.2. The highest BCUT2D eigenvalue weighted by molar-refractivity contribution is 7.09. The lowest BCUT2D eigenvalue weighted by Gasteiger charge is -2.06. The molecular weight excluding hydrogens is 285 g/mol. The van der Waals surface area contributed by atoms with E-state index in [1.807, 2.05) is 0 Å². The molecule has 0 atom stereocenters. The Kier molecular flexibility index (Phi) is 3.94. The van der Waals surface area contributed by atoms with Crippen LogP contribution in [0.25, 0.3) is 0 Å². The van der Waals surface area contributed by atoms with Gasteiger partial charge in [0.1, 0.15) is 10.8 Å². The van der Waals surface area contributed by atoms with Crippen molar-refractivity contribution in [2.45, 2.75) is 6.54 Å². The summed E-state index contributed by atoms with van der Waals surface area (Å²) in [4.78, 5) is 26.3. The second kappa shape index (κ2) is 5.66. The van der Waals surface area contributed by atoms with Gasteiger partial charge in [0, 0.05) is 5.38 Å². The van der Waals surface area contributed by atoms with E-state index in [4.69, 9.17) is 10.8 Å². The summed E-state index contributed by atoms with van der Waals surface area (Å²) in [5.74, 6) is -2.35. The number of para-hydroxylation sites is 1. The quantitative estimate of drug-likeness (QED) is 0.741. The van der Waals surface area contributed by atoms with Gasteiger partial charge >= 0.3 is 5.97 Å². The van der Waals surface area contributed by atoms with Gasteiger partial charge in [-0.25, -0.2) is 14.2 Å². The summed E-state index contributed by atoms with van der Waals surface area (Å²) in [6, 6.07) is 3.94. The summed E-state index contributed by atoms with van der Waals surface area (Å²) in [5.41, 5.74) is 5.19. The molecule has 4 N–H and O–H groups in total. The number of nitrogens with zero attached hydrogens (tertiary/aromatic N) is 1. The third-order valence-electron chi connectivity index (χ3n) is 2.47. The van der Waals surface area contributed by atoms with E-state index < -0.39 is 17.7 Å². The Bertz CT molecular complexity index is 672. The number of hydrogen-bond donors (Lipinski definition) is 3. The van der Waals surface area contributed by atoms with Gasteiger partial charge < -0.3 is 16.2 Å². The Morgan fingerprint density at radius 1 is 1.45 bits per heavy atom. The van der Waals surface area contributed by atoms with Crippen LogP contribution < -0.4 is 11.1 Å². The molecule has 1 aromatic heterocycles. The number of anilines is 1. The fourth-order valence-corrected chi connectivity index (χ4v) is 2.18. The molecular formula is C12H10FN3O3S. The third kappa shape index (κ3) is 2.91. The summed E-state index contributed by atoms with van der Waals surface area (Å²) in [5, 5.41) is 13.0. The van der Waals surface area contributed by atoms with Crippen LogP contribution in [0, 0.1) is 5.82 Å². The van der Waals surface area contributed by atoms with Gasteiger partial charge in [0.05, 0.1) is 17.8 Å². The van der Waals surface area contributed by atoms with Crippen LogP contribution in [0.1, 0.15) is 25.9 Å². The van der Waals surface area contributed by atoms with E-state index >= 15 is 0 Å². The average Bonchev–Trinajstić information content (AvgIpc) is 2.88. The Labute approximate surface area is 117 Å². The molecule has 0 saturated carbocycles. The van der Waals surface area contributed by atoms with E-state index in [2.05, 4.69) is 10.3 Å². The van der Waals surface area contributed by atoms with Gasteiger partial charge in [-0.3, -0.25) is 4.79 Å². The first-order chi connectivity index (χ1) is 9.49. The maximum absolute atomic E-state index is 13.2. The van der Waals surface area contributed by atoms with Gasteiger partial charge in [-0.1, -0.05) is 6.07 Å². The molecule has 1 amide bonds. The second-order valence-electron chi connectivity index (χ2n) is 3.82. The Hall–Kier alpha value is -2.48. The number of benzene rings is 1. The lowest BCUT2D eigenvalue weighted by atomic mass is 10.1. The summed E-state index contributed by atoms with van der Waals surface area (Å²) < 4.78 is 13.2. The zero-order valence-corrected chi connectivity index (χ0v) is 10.9.